The summed E-state index contributed by atoms with van der Waals surface area (Å²) in [5.74, 6) is 0. The molecule has 0 amide bonds. The van der Waals surface area contributed by atoms with Gasteiger partial charge >= 0.3 is 0 Å². The fraction of sp³-hybridized carbons (Fsp3) is 0.0172. The molecule has 0 bridgehead atoms. The smallest absolute Gasteiger partial charge is 0.143 e. The van der Waals surface area contributed by atoms with E-state index in [2.05, 4.69) is 459 Å². The van der Waals surface area contributed by atoms with Crippen molar-refractivity contribution < 1.29 is 8.83 Å². The molecule has 0 aliphatic heterocycles. The molecule has 23 rings (SSSR count). The molecule has 4 nitrogen and oxygen atoms in total. The van der Waals surface area contributed by atoms with Gasteiger partial charge in [0.2, 0.25) is 0 Å². The maximum absolute atomic E-state index is 7.02. The third-order valence-electron chi connectivity index (χ3n) is 25.3. The van der Waals surface area contributed by atoms with Crippen molar-refractivity contribution in [3.63, 3.8) is 0 Å². The van der Waals surface area contributed by atoms with Crippen LogP contribution in [-0.2, 0) is 10.8 Å². The number of nitrogens with zero attached hydrogens (tertiary/aromatic N) is 2. The Morgan fingerprint density at radius 1 is 0.175 bits per heavy atom. The first kappa shape index (κ1) is 69.8. The van der Waals surface area contributed by atoms with Crippen LogP contribution >= 0.6 is 0 Å². The average molecular weight is 1530 g/mol. The summed E-state index contributed by atoms with van der Waals surface area (Å²) >= 11 is 0. The number of hydrogen-bond donors (Lipinski definition) is 0. The van der Waals surface area contributed by atoms with Crippen LogP contribution in [0.2, 0.25) is 0 Å². The van der Waals surface area contributed by atoms with Crippen molar-refractivity contribution in [1.82, 2.24) is 0 Å². The first-order valence-electron chi connectivity index (χ1n) is 41.3. The van der Waals surface area contributed by atoms with Crippen molar-refractivity contribution in [1.29, 1.82) is 0 Å². The second-order valence-corrected chi connectivity index (χ2v) is 31.6. The minimum absolute atomic E-state index is 0.594. The van der Waals surface area contributed by atoms with Gasteiger partial charge in [-0.05, 0) is 190 Å². The average Bonchev–Trinajstić information content (AvgIpc) is 1.53. The summed E-state index contributed by atoms with van der Waals surface area (Å²) in [6, 6.07) is 169. The molecular weight excluding hydrogens is 1450 g/mol. The molecule has 19 aromatic carbocycles. The Labute approximate surface area is 697 Å². The molecule has 1 unspecified atom stereocenters. The van der Waals surface area contributed by atoms with Gasteiger partial charge in [0, 0.05) is 66.5 Å². The summed E-state index contributed by atoms with van der Waals surface area (Å²) < 4.78 is 13.6. The summed E-state index contributed by atoms with van der Waals surface area (Å²) in [5, 5.41) is 4.35. The molecule has 0 spiro atoms. The van der Waals surface area contributed by atoms with Gasteiger partial charge in [-0.1, -0.05) is 382 Å². The lowest BCUT2D eigenvalue weighted by molar-refractivity contribution is 0.669. The molecule has 2 heterocycles. The molecule has 0 saturated carbocycles. The Balaban J connectivity index is 0.617. The normalized spacial score (nSPS) is 13.6. The van der Waals surface area contributed by atoms with E-state index in [1.54, 1.807) is 0 Å². The molecule has 4 heteroatoms. The van der Waals surface area contributed by atoms with Crippen LogP contribution in [0.25, 0.3) is 133 Å². The van der Waals surface area contributed by atoms with E-state index >= 15 is 0 Å². The van der Waals surface area contributed by atoms with Gasteiger partial charge in [-0.15, -0.1) is 0 Å². The number of fused-ring (bicyclic) bond motifs is 12. The third-order valence-corrected chi connectivity index (χ3v) is 25.3. The summed E-state index contributed by atoms with van der Waals surface area (Å²) in [7, 11) is 0. The number of para-hydroxylation sites is 4. The summed E-state index contributed by atoms with van der Waals surface area (Å²) in [5.41, 5.74) is 36.6. The molecule has 562 valence electrons. The van der Waals surface area contributed by atoms with Gasteiger partial charge in [0.25, 0.3) is 0 Å². The first-order chi connectivity index (χ1) is 59.5. The fourth-order valence-electron chi connectivity index (χ4n) is 19.9. The summed E-state index contributed by atoms with van der Waals surface area (Å²) in [6.45, 7) is 0. The third kappa shape index (κ3) is 11.2. The SMILES string of the molecule is c1ccc(-c2ccc(-c3ccccc3N(c3ccc(-c4cccc5c4oc4ccccc45)cc3)c3ccc(-c4cccc5c4oc4ccc(-c6ccc(C7(c8ccccc8)c8ccccc8-c8ccc(N(c9ccc(-c%10ccccc%10)cc9)c9cccc%10c9-c9ccccc9C%10(c9ccccc9)c9ccccc9)cc87)cc6)cc45)cc3)cc2)cc1. The lowest BCUT2D eigenvalue weighted by Gasteiger charge is -2.36. The molecule has 0 N–H and O–H groups in total. The minimum atomic E-state index is -0.720. The monoisotopic (exact) mass is 1530 g/mol. The van der Waals surface area contributed by atoms with E-state index in [4.69, 9.17) is 8.83 Å². The molecule has 2 aliphatic carbocycles. The van der Waals surface area contributed by atoms with E-state index in [0.29, 0.717) is 0 Å². The van der Waals surface area contributed by atoms with Gasteiger partial charge in [0.15, 0.2) is 0 Å². The zero-order chi connectivity index (χ0) is 79.2. The zero-order valence-electron chi connectivity index (χ0n) is 65.6. The number of hydrogen-bond acceptors (Lipinski definition) is 4. The molecule has 0 fully saturated rings. The van der Waals surface area contributed by atoms with Gasteiger partial charge in [-0.25, -0.2) is 0 Å². The Bertz CT molecular complexity index is 7430. The van der Waals surface area contributed by atoms with Gasteiger partial charge < -0.3 is 18.6 Å². The topological polar surface area (TPSA) is 32.8 Å². The molecule has 2 aliphatic rings. The predicted molar refractivity (Wildman–Crippen MR) is 498 cm³/mol. The van der Waals surface area contributed by atoms with Crippen LogP contribution in [0.5, 0.6) is 0 Å². The highest BCUT2D eigenvalue weighted by atomic mass is 16.3. The highest BCUT2D eigenvalue weighted by Gasteiger charge is 2.49. The Hall–Kier alpha value is -15.6. The van der Waals surface area contributed by atoms with Gasteiger partial charge in [0.05, 0.1) is 22.2 Å². The van der Waals surface area contributed by atoms with Gasteiger partial charge in [-0.3, -0.25) is 0 Å². The van der Waals surface area contributed by atoms with E-state index in [-0.39, 0.29) is 0 Å². The second kappa shape index (κ2) is 28.7. The quantitative estimate of drug-likeness (QED) is 0.0965. The van der Waals surface area contributed by atoms with E-state index in [9.17, 15) is 0 Å². The van der Waals surface area contributed by atoms with Crippen molar-refractivity contribution in [2.24, 2.45) is 0 Å². The molecule has 0 radical (unpaired) electrons. The number of rotatable bonds is 16. The standard InChI is InChI=1S/C116H76N2O2/c1-6-27-77(28-7-1)79-51-53-82(54-52-79)94-37-18-22-48-108(94)117(90-68-59-83(60-69-90)95-41-24-43-100-99-39-19-23-50-110(99)119-113(95)100)91-70-61-84(62-71-91)96-42-25-44-101-103-75-85(63-74-111(103)120-114(96)101)81-55-64-89(65-56-81)116(88-35-14-5-15-36-88)104-45-20-16-38-97(104)98-73-72-93(76-107(98)116)118(92-66-57-80(58-67-92)78-29-8-2-9-30-78)109-49-26-47-106-112(109)102-40-17-21-46-105(102)115(106,86-31-10-3-11-32-86)87-33-12-4-13-34-87/h1-76H. The maximum atomic E-state index is 7.02. The van der Waals surface area contributed by atoms with Crippen LogP contribution in [0.15, 0.2) is 470 Å². The minimum Gasteiger partial charge on any atom is -0.455 e. The molecule has 120 heavy (non-hydrogen) atoms. The van der Waals surface area contributed by atoms with E-state index in [1.165, 1.54) is 83.5 Å². The van der Waals surface area contributed by atoms with Crippen LogP contribution < -0.4 is 9.80 Å². The predicted octanol–water partition coefficient (Wildman–Crippen LogP) is 31.2. The second-order valence-electron chi connectivity index (χ2n) is 31.6. The van der Waals surface area contributed by atoms with Crippen molar-refractivity contribution in [2.45, 2.75) is 10.8 Å². The van der Waals surface area contributed by atoms with Crippen LogP contribution in [0.4, 0.5) is 34.1 Å². The van der Waals surface area contributed by atoms with Gasteiger partial charge in [-0.2, -0.15) is 0 Å². The number of benzene rings is 19. The van der Waals surface area contributed by atoms with Crippen molar-refractivity contribution >= 4 is 78.0 Å². The van der Waals surface area contributed by atoms with E-state index in [1.807, 2.05) is 12.1 Å². The number of anilines is 6. The van der Waals surface area contributed by atoms with Gasteiger partial charge in [0.1, 0.15) is 22.3 Å². The van der Waals surface area contributed by atoms with Crippen molar-refractivity contribution in [3.05, 3.63) is 506 Å². The Morgan fingerprint density at radius 3 is 1.10 bits per heavy atom. The van der Waals surface area contributed by atoms with Crippen LogP contribution in [0.3, 0.4) is 0 Å². The van der Waals surface area contributed by atoms with Crippen LogP contribution in [0.1, 0.15) is 44.5 Å². The lowest BCUT2D eigenvalue weighted by Crippen LogP contribution is -2.29. The molecular formula is C116H76N2O2. The maximum Gasteiger partial charge on any atom is 0.143 e. The molecule has 2 aromatic heterocycles. The lowest BCUT2D eigenvalue weighted by atomic mass is 9.67. The molecule has 21 aromatic rings. The molecule has 0 saturated heterocycles. The largest absolute Gasteiger partial charge is 0.455 e. The van der Waals surface area contributed by atoms with Crippen LogP contribution in [-0.4, -0.2) is 0 Å². The van der Waals surface area contributed by atoms with Crippen LogP contribution in [0, 0.1) is 0 Å². The van der Waals surface area contributed by atoms with Crippen molar-refractivity contribution in [2.75, 3.05) is 9.80 Å². The number of furan rings is 2. The fourth-order valence-corrected chi connectivity index (χ4v) is 19.9. The summed E-state index contributed by atoms with van der Waals surface area (Å²) in [6.07, 6.45) is 0. The Kier molecular flexibility index (Phi) is 16.7. The summed E-state index contributed by atoms with van der Waals surface area (Å²) in [4.78, 5) is 4.91. The van der Waals surface area contributed by atoms with Crippen molar-refractivity contribution in [3.8, 4) is 89.0 Å². The zero-order valence-corrected chi connectivity index (χ0v) is 65.6. The highest BCUT2D eigenvalue weighted by Crippen LogP contribution is 2.62. The Morgan fingerprint density at radius 2 is 0.517 bits per heavy atom. The molecule has 1 atom stereocenters. The highest BCUT2D eigenvalue weighted by molar-refractivity contribution is 6.12. The van der Waals surface area contributed by atoms with E-state index < -0.39 is 10.8 Å². The van der Waals surface area contributed by atoms with E-state index in [0.717, 1.165) is 128 Å². The first-order valence-corrected chi connectivity index (χ1v) is 41.3.